The van der Waals surface area contributed by atoms with Crippen molar-refractivity contribution in [3.63, 3.8) is 0 Å². The molecule has 3 aliphatic rings. The highest BCUT2D eigenvalue weighted by Crippen LogP contribution is 2.34. The van der Waals surface area contributed by atoms with E-state index in [2.05, 4.69) is 17.1 Å². The van der Waals surface area contributed by atoms with Gasteiger partial charge in [-0.05, 0) is 57.8 Å². The Kier molecular flexibility index (Phi) is 3.92. The molecule has 2 N–H and O–H groups in total. The second-order valence-corrected chi connectivity index (χ2v) is 6.78. The van der Waals surface area contributed by atoms with Gasteiger partial charge in [0.1, 0.15) is 0 Å². The Labute approximate surface area is 111 Å². The van der Waals surface area contributed by atoms with E-state index in [9.17, 15) is 5.11 Å². The van der Waals surface area contributed by atoms with Gasteiger partial charge in [0, 0.05) is 37.3 Å². The molecule has 18 heavy (non-hydrogen) atoms. The van der Waals surface area contributed by atoms with Gasteiger partial charge in [-0.1, -0.05) is 0 Å². The zero-order chi connectivity index (χ0) is 12.5. The summed E-state index contributed by atoms with van der Waals surface area (Å²) in [6, 6.07) is 3.13. The van der Waals surface area contributed by atoms with Crippen LogP contribution in [-0.4, -0.2) is 47.3 Å². The Morgan fingerprint density at radius 1 is 1.06 bits per heavy atom. The standard InChI is InChI=1S/C15H28N2O/c1-11-8-14(9-17(11)15-6-7-15)16-13-4-2-12(10-18)3-5-13/h11-16,18H,2-10H2,1H3. The van der Waals surface area contributed by atoms with Crippen LogP contribution in [-0.2, 0) is 0 Å². The predicted molar refractivity (Wildman–Crippen MR) is 73.6 cm³/mol. The fraction of sp³-hybridized carbons (Fsp3) is 1.00. The van der Waals surface area contributed by atoms with Gasteiger partial charge in [-0.15, -0.1) is 0 Å². The van der Waals surface area contributed by atoms with Crippen LogP contribution in [0.2, 0.25) is 0 Å². The van der Waals surface area contributed by atoms with Gasteiger partial charge in [0.2, 0.25) is 0 Å². The monoisotopic (exact) mass is 252 g/mol. The highest BCUT2D eigenvalue weighted by Gasteiger charge is 2.39. The van der Waals surface area contributed by atoms with E-state index in [1.54, 1.807) is 0 Å². The van der Waals surface area contributed by atoms with Crippen LogP contribution in [0, 0.1) is 5.92 Å². The van der Waals surface area contributed by atoms with Crippen LogP contribution < -0.4 is 5.32 Å². The lowest BCUT2D eigenvalue weighted by Crippen LogP contribution is -2.42. The van der Waals surface area contributed by atoms with E-state index >= 15 is 0 Å². The molecule has 2 unspecified atom stereocenters. The maximum atomic E-state index is 9.17. The fourth-order valence-electron chi connectivity index (χ4n) is 3.94. The van der Waals surface area contributed by atoms with E-state index in [0.717, 1.165) is 18.1 Å². The van der Waals surface area contributed by atoms with Crippen LogP contribution in [0.25, 0.3) is 0 Å². The number of likely N-dealkylation sites (tertiary alicyclic amines) is 1. The van der Waals surface area contributed by atoms with Gasteiger partial charge in [0.25, 0.3) is 0 Å². The van der Waals surface area contributed by atoms with Crippen LogP contribution in [0.4, 0.5) is 0 Å². The lowest BCUT2D eigenvalue weighted by Gasteiger charge is -2.30. The van der Waals surface area contributed by atoms with Crippen molar-refractivity contribution in [1.82, 2.24) is 10.2 Å². The highest BCUT2D eigenvalue weighted by atomic mass is 16.3. The van der Waals surface area contributed by atoms with Crippen molar-refractivity contribution in [2.45, 2.75) is 76.0 Å². The van der Waals surface area contributed by atoms with Gasteiger partial charge in [-0.2, -0.15) is 0 Å². The van der Waals surface area contributed by atoms with E-state index < -0.39 is 0 Å². The average Bonchev–Trinajstić information content (AvgIpc) is 3.15. The van der Waals surface area contributed by atoms with Crippen LogP contribution >= 0.6 is 0 Å². The van der Waals surface area contributed by atoms with Crippen molar-refractivity contribution < 1.29 is 5.11 Å². The first-order valence-electron chi connectivity index (χ1n) is 7.89. The molecule has 2 saturated carbocycles. The molecule has 2 aliphatic carbocycles. The zero-order valence-corrected chi connectivity index (χ0v) is 11.6. The van der Waals surface area contributed by atoms with E-state index in [4.69, 9.17) is 0 Å². The van der Waals surface area contributed by atoms with Crippen molar-refractivity contribution in [2.24, 2.45) is 5.92 Å². The molecule has 104 valence electrons. The third-order valence-corrected chi connectivity index (χ3v) is 5.22. The number of aliphatic hydroxyl groups is 1. The minimum Gasteiger partial charge on any atom is -0.396 e. The summed E-state index contributed by atoms with van der Waals surface area (Å²) in [4.78, 5) is 2.72. The molecule has 3 rings (SSSR count). The SMILES string of the molecule is CC1CC(NC2CCC(CO)CC2)CN1C1CC1. The summed E-state index contributed by atoms with van der Waals surface area (Å²) in [5, 5.41) is 13.1. The van der Waals surface area contributed by atoms with E-state index in [1.165, 1.54) is 51.5 Å². The number of nitrogens with zero attached hydrogens (tertiary/aromatic N) is 1. The van der Waals surface area contributed by atoms with Gasteiger partial charge in [-0.3, -0.25) is 4.90 Å². The largest absolute Gasteiger partial charge is 0.396 e. The highest BCUT2D eigenvalue weighted by molar-refractivity contribution is 4.97. The normalized spacial score (nSPS) is 42.3. The zero-order valence-electron chi connectivity index (χ0n) is 11.6. The first-order chi connectivity index (χ1) is 8.76. The van der Waals surface area contributed by atoms with E-state index in [0.29, 0.717) is 18.6 Å². The topological polar surface area (TPSA) is 35.5 Å². The second-order valence-electron chi connectivity index (χ2n) is 6.78. The Hall–Kier alpha value is -0.120. The van der Waals surface area contributed by atoms with Crippen molar-refractivity contribution >= 4 is 0 Å². The number of rotatable bonds is 4. The lowest BCUT2D eigenvalue weighted by molar-refractivity contribution is 0.171. The van der Waals surface area contributed by atoms with Crippen LogP contribution in [0.1, 0.15) is 51.9 Å². The molecule has 0 aromatic heterocycles. The molecule has 3 heteroatoms. The predicted octanol–water partition coefficient (Wildman–Crippen LogP) is 1.75. The summed E-state index contributed by atoms with van der Waals surface area (Å²) < 4.78 is 0. The van der Waals surface area contributed by atoms with E-state index in [1.807, 2.05) is 0 Å². The maximum Gasteiger partial charge on any atom is 0.0459 e. The first-order valence-corrected chi connectivity index (χ1v) is 7.89. The molecular formula is C15H28N2O. The summed E-state index contributed by atoms with van der Waals surface area (Å²) in [5.41, 5.74) is 0. The molecule has 3 fully saturated rings. The van der Waals surface area contributed by atoms with Crippen molar-refractivity contribution in [1.29, 1.82) is 0 Å². The average molecular weight is 252 g/mol. The van der Waals surface area contributed by atoms with Crippen LogP contribution in [0.3, 0.4) is 0 Å². The molecule has 0 aromatic carbocycles. The van der Waals surface area contributed by atoms with Gasteiger partial charge >= 0.3 is 0 Å². The van der Waals surface area contributed by atoms with Crippen molar-refractivity contribution in [2.75, 3.05) is 13.2 Å². The van der Waals surface area contributed by atoms with Crippen molar-refractivity contribution in [3.05, 3.63) is 0 Å². The molecule has 0 aromatic rings. The third kappa shape index (κ3) is 2.89. The molecule has 0 bridgehead atoms. The Bertz CT molecular complexity index is 272. The molecule has 1 aliphatic heterocycles. The molecule has 2 atom stereocenters. The molecule has 1 heterocycles. The van der Waals surface area contributed by atoms with Gasteiger partial charge in [0.05, 0.1) is 0 Å². The molecule has 3 nitrogen and oxygen atoms in total. The summed E-state index contributed by atoms with van der Waals surface area (Å²) in [7, 11) is 0. The minimum absolute atomic E-state index is 0.392. The Balaban J connectivity index is 1.43. The van der Waals surface area contributed by atoms with Crippen molar-refractivity contribution in [3.8, 4) is 0 Å². The Morgan fingerprint density at radius 3 is 2.39 bits per heavy atom. The second kappa shape index (κ2) is 5.48. The number of hydrogen-bond donors (Lipinski definition) is 2. The molecule has 0 amide bonds. The lowest BCUT2D eigenvalue weighted by atomic mass is 9.86. The summed E-state index contributed by atoms with van der Waals surface area (Å²) in [5.74, 6) is 0.577. The molecule has 0 radical (unpaired) electrons. The quantitative estimate of drug-likeness (QED) is 0.800. The summed E-state index contributed by atoms with van der Waals surface area (Å²) in [6.45, 7) is 4.05. The minimum atomic E-state index is 0.392. The summed E-state index contributed by atoms with van der Waals surface area (Å²) >= 11 is 0. The Morgan fingerprint density at radius 2 is 1.78 bits per heavy atom. The van der Waals surface area contributed by atoms with Crippen LogP contribution in [0.5, 0.6) is 0 Å². The number of hydrogen-bond acceptors (Lipinski definition) is 3. The smallest absolute Gasteiger partial charge is 0.0459 e. The first kappa shape index (κ1) is 12.9. The third-order valence-electron chi connectivity index (χ3n) is 5.22. The van der Waals surface area contributed by atoms with Crippen LogP contribution in [0.15, 0.2) is 0 Å². The van der Waals surface area contributed by atoms with E-state index in [-0.39, 0.29) is 0 Å². The van der Waals surface area contributed by atoms with Gasteiger partial charge in [-0.25, -0.2) is 0 Å². The fourth-order valence-corrected chi connectivity index (χ4v) is 3.94. The number of aliphatic hydroxyl groups excluding tert-OH is 1. The molecule has 1 saturated heterocycles. The van der Waals surface area contributed by atoms with Gasteiger partial charge < -0.3 is 10.4 Å². The molecular weight excluding hydrogens is 224 g/mol. The number of nitrogens with one attached hydrogen (secondary N) is 1. The van der Waals surface area contributed by atoms with Gasteiger partial charge in [0.15, 0.2) is 0 Å². The summed E-state index contributed by atoms with van der Waals surface area (Å²) in [6.07, 6.45) is 9.14. The maximum absolute atomic E-state index is 9.17. The molecule has 0 spiro atoms.